The zero-order valence-corrected chi connectivity index (χ0v) is 14.5. The minimum atomic E-state index is -0.297. The lowest BCUT2D eigenvalue weighted by atomic mass is 9.75. The molecule has 0 bridgehead atoms. The van der Waals surface area contributed by atoms with Gasteiger partial charge in [0, 0.05) is 35.6 Å². The Hall–Kier alpha value is -3.35. The number of fused-ring (bicyclic) bond motifs is 1. The molecule has 6 nitrogen and oxygen atoms in total. The van der Waals surface area contributed by atoms with Crippen molar-refractivity contribution in [3.05, 3.63) is 71.6 Å². The molecular weight excluding hydrogens is 345 g/mol. The van der Waals surface area contributed by atoms with Gasteiger partial charge in [-0.25, -0.2) is 14.4 Å². The highest BCUT2D eigenvalue weighted by atomic mass is 19.1. The Morgan fingerprint density at radius 3 is 2.89 bits per heavy atom. The molecule has 2 heterocycles. The van der Waals surface area contributed by atoms with E-state index >= 15 is 0 Å². The normalized spacial score (nSPS) is 19.1. The lowest BCUT2D eigenvalue weighted by Gasteiger charge is -2.30. The Morgan fingerprint density at radius 2 is 2.11 bits per heavy atom. The van der Waals surface area contributed by atoms with Crippen molar-refractivity contribution in [1.82, 2.24) is 15.0 Å². The number of hydrogen-bond acceptors (Lipinski definition) is 6. The molecule has 136 valence electrons. The van der Waals surface area contributed by atoms with Crippen LogP contribution in [0.5, 0.6) is 0 Å². The number of benzene rings is 1. The molecule has 1 aliphatic rings. The van der Waals surface area contributed by atoms with Gasteiger partial charge in [-0.2, -0.15) is 0 Å². The third kappa shape index (κ3) is 3.36. The minimum absolute atomic E-state index is 0.0607. The second kappa shape index (κ2) is 7.11. The summed E-state index contributed by atoms with van der Waals surface area (Å²) in [5.41, 5.74) is 10.2. The number of aromatic nitrogens is 3. The topological polar surface area (TPSA) is 97.3 Å². The van der Waals surface area contributed by atoms with E-state index in [2.05, 4.69) is 20.1 Å². The zero-order chi connectivity index (χ0) is 18.8. The van der Waals surface area contributed by atoms with Crippen molar-refractivity contribution in [3.63, 3.8) is 0 Å². The largest absolute Gasteiger partial charge is 0.411 e. The predicted octanol–water partition coefficient (Wildman–Crippen LogP) is 3.53. The van der Waals surface area contributed by atoms with E-state index in [-0.39, 0.29) is 23.6 Å². The average Bonchev–Trinajstić information content (AvgIpc) is 2.68. The molecule has 0 saturated heterocycles. The monoisotopic (exact) mass is 363 g/mol. The maximum atomic E-state index is 14.0. The number of halogens is 1. The van der Waals surface area contributed by atoms with Gasteiger partial charge in [0.2, 0.25) is 5.95 Å². The van der Waals surface area contributed by atoms with E-state index in [0.29, 0.717) is 12.8 Å². The molecule has 1 aliphatic carbocycles. The maximum absolute atomic E-state index is 14.0. The van der Waals surface area contributed by atoms with Crippen LogP contribution in [0, 0.1) is 5.82 Å². The number of oxime groups is 1. The van der Waals surface area contributed by atoms with Crippen LogP contribution in [0.3, 0.4) is 0 Å². The van der Waals surface area contributed by atoms with Gasteiger partial charge in [-0.15, -0.1) is 5.16 Å². The van der Waals surface area contributed by atoms with Gasteiger partial charge in [-0.05, 0) is 48.1 Å². The number of rotatable bonds is 3. The van der Waals surface area contributed by atoms with E-state index in [4.69, 9.17) is 10.9 Å². The van der Waals surface area contributed by atoms with Crippen molar-refractivity contribution in [1.29, 1.82) is 0 Å². The molecule has 2 aromatic heterocycles. The van der Waals surface area contributed by atoms with Gasteiger partial charge in [0.25, 0.3) is 0 Å². The van der Waals surface area contributed by atoms with Gasteiger partial charge in [-0.1, -0.05) is 12.1 Å². The molecule has 0 amide bonds. The Balaban J connectivity index is 1.80. The van der Waals surface area contributed by atoms with Crippen LogP contribution in [0.25, 0.3) is 11.1 Å². The molecule has 0 fully saturated rings. The molecule has 27 heavy (non-hydrogen) atoms. The quantitative estimate of drug-likeness (QED) is 0.421. The third-order valence-corrected chi connectivity index (χ3v) is 4.97. The Bertz CT molecular complexity index is 993. The summed E-state index contributed by atoms with van der Waals surface area (Å²) >= 11 is 0. The second-order valence-electron chi connectivity index (χ2n) is 6.61. The first kappa shape index (κ1) is 17.1. The molecule has 3 N–H and O–H groups in total. The van der Waals surface area contributed by atoms with Crippen LogP contribution in [0.4, 0.5) is 10.3 Å². The fourth-order valence-electron chi connectivity index (χ4n) is 3.78. The predicted molar refractivity (Wildman–Crippen MR) is 100 cm³/mol. The van der Waals surface area contributed by atoms with Gasteiger partial charge in [-0.3, -0.25) is 4.98 Å². The van der Waals surface area contributed by atoms with E-state index < -0.39 is 0 Å². The summed E-state index contributed by atoms with van der Waals surface area (Å²) in [6.07, 6.45) is 7.93. The summed E-state index contributed by atoms with van der Waals surface area (Å²) < 4.78 is 14.0. The van der Waals surface area contributed by atoms with Crippen LogP contribution in [-0.4, -0.2) is 26.4 Å². The van der Waals surface area contributed by atoms with Gasteiger partial charge >= 0.3 is 0 Å². The van der Waals surface area contributed by atoms with Crippen molar-refractivity contribution in [3.8, 4) is 11.1 Å². The molecule has 2 unspecified atom stereocenters. The second-order valence-corrected chi connectivity index (χ2v) is 6.61. The summed E-state index contributed by atoms with van der Waals surface area (Å²) in [5, 5.41) is 12.3. The average molecular weight is 363 g/mol. The fraction of sp³-hybridized carbons (Fsp3) is 0.200. The highest BCUT2D eigenvalue weighted by Gasteiger charge is 2.30. The number of nitrogens with zero attached hydrogens (tertiary/aromatic N) is 4. The van der Waals surface area contributed by atoms with Crippen molar-refractivity contribution < 1.29 is 9.60 Å². The van der Waals surface area contributed by atoms with Gasteiger partial charge in [0.1, 0.15) is 5.82 Å². The molecular formula is C20H18FN5O. The standard InChI is InChI=1S/C20H18FN5O/c21-15-3-4-16(17(8-15)12-2-1-5-23-9-12)13-6-14(10-25-27)18-11-24-20(22)26-19(18)7-13/h1-5,8-11,13-14,27H,6-7H2,(H2,22,24,26). The first-order valence-corrected chi connectivity index (χ1v) is 8.64. The number of nitrogens with two attached hydrogens (primary N) is 1. The Morgan fingerprint density at radius 1 is 1.22 bits per heavy atom. The highest BCUT2D eigenvalue weighted by molar-refractivity contribution is 5.71. The van der Waals surface area contributed by atoms with Crippen LogP contribution in [0.1, 0.15) is 35.1 Å². The zero-order valence-electron chi connectivity index (χ0n) is 14.5. The SMILES string of the molecule is Nc1ncc2c(n1)CC(c1ccc(F)cc1-c1cccnc1)CC2C=NO. The van der Waals surface area contributed by atoms with Crippen molar-refractivity contribution in [2.24, 2.45) is 5.16 Å². The summed E-state index contributed by atoms with van der Waals surface area (Å²) in [6, 6.07) is 8.55. The number of anilines is 1. The van der Waals surface area contributed by atoms with Gasteiger partial charge in [0.05, 0.1) is 11.9 Å². The highest BCUT2D eigenvalue weighted by Crippen LogP contribution is 2.41. The summed E-state index contributed by atoms with van der Waals surface area (Å²) in [6.45, 7) is 0. The molecule has 1 aromatic carbocycles. The first-order valence-electron chi connectivity index (χ1n) is 8.64. The van der Waals surface area contributed by atoms with Gasteiger partial charge in [0.15, 0.2) is 0 Å². The first-order chi connectivity index (χ1) is 13.2. The smallest absolute Gasteiger partial charge is 0.220 e. The van der Waals surface area contributed by atoms with E-state index in [0.717, 1.165) is 27.9 Å². The van der Waals surface area contributed by atoms with Gasteiger partial charge < -0.3 is 10.9 Å². The molecule has 0 spiro atoms. The van der Waals surface area contributed by atoms with E-state index in [9.17, 15) is 4.39 Å². The van der Waals surface area contributed by atoms with Crippen molar-refractivity contribution in [2.75, 3.05) is 5.73 Å². The van der Waals surface area contributed by atoms with E-state index in [1.165, 1.54) is 18.3 Å². The molecule has 7 heteroatoms. The van der Waals surface area contributed by atoms with Crippen LogP contribution >= 0.6 is 0 Å². The van der Waals surface area contributed by atoms with Crippen LogP contribution in [0.2, 0.25) is 0 Å². The number of pyridine rings is 1. The van der Waals surface area contributed by atoms with E-state index in [1.807, 2.05) is 18.2 Å². The number of hydrogen-bond donors (Lipinski definition) is 2. The maximum Gasteiger partial charge on any atom is 0.220 e. The molecule has 0 aliphatic heterocycles. The summed E-state index contributed by atoms with van der Waals surface area (Å²) in [4.78, 5) is 12.6. The Kier molecular flexibility index (Phi) is 4.50. The molecule has 0 radical (unpaired) electrons. The fourth-order valence-corrected chi connectivity index (χ4v) is 3.78. The lowest BCUT2D eigenvalue weighted by molar-refractivity contribution is 0.318. The summed E-state index contributed by atoms with van der Waals surface area (Å²) in [7, 11) is 0. The summed E-state index contributed by atoms with van der Waals surface area (Å²) in [5.74, 6) is -0.170. The van der Waals surface area contributed by atoms with Crippen LogP contribution in [-0.2, 0) is 6.42 Å². The van der Waals surface area contributed by atoms with Crippen LogP contribution in [0.15, 0.2) is 54.1 Å². The van der Waals surface area contributed by atoms with Crippen molar-refractivity contribution >= 4 is 12.2 Å². The Labute approximate surface area is 155 Å². The van der Waals surface area contributed by atoms with Crippen molar-refractivity contribution in [2.45, 2.75) is 24.7 Å². The van der Waals surface area contributed by atoms with Crippen LogP contribution < -0.4 is 5.73 Å². The minimum Gasteiger partial charge on any atom is -0.411 e. The molecule has 3 aromatic rings. The molecule has 4 rings (SSSR count). The lowest BCUT2D eigenvalue weighted by Crippen LogP contribution is -2.21. The molecule has 0 saturated carbocycles. The molecule has 2 atom stereocenters. The number of nitrogen functional groups attached to an aromatic ring is 1. The third-order valence-electron chi connectivity index (χ3n) is 4.97. The van der Waals surface area contributed by atoms with E-state index in [1.54, 1.807) is 18.6 Å².